The smallest absolute Gasteiger partial charge is 0.251 e. The summed E-state index contributed by atoms with van der Waals surface area (Å²) in [6, 6.07) is 19.4. The first-order valence-electron chi connectivity index (χ1n) is 11.7. The fourth-order valence-corrected chi connectivity index (χ4v) is 5.14. The van der Waals surface area contributed by atoms with Crippen LogP contribution in [0, 0.1) is 5.82 Å². The Bertz CT molecular complexity index is 1250. The van der Waals surface area contributed by atoms with Crippen molar-refractivity contribution in [2.24, 2.45) is 0 Å². The van der Waals surface area contributed by atoms with Gasteiger partial charge in [-0.15, -0.1) is 0 Å². The van der Waals surface area contributed by atoms with Crippen LogP contribution in [-0.2, 0) is 13.1 Å². The van der Waals surface area contributed by atoms with Crippen molar-refractivity contribution in [2.75, 3.05) is 19.9 Å². The van der Waals surface area contributed by atoms with Gasteiger partial charge >= 0.3 is 0 Å². The van der Waals surface area contributed by atoms with E-state index in [0.29, 0.717) is 41.3 Å². The molecule has 0 spiro atoms. The van der Waals surface area contributed by atoms with E-state index in [0.717, 1.165) is 30.8 Å². The van der Waals surface area contributed by atoms with E-state index in [4.69, 9.17) is 9.47 Å². The summed E-state index contributed by atoms with van der Waals surface area (Å²) in [5.74, 6) is 0.707. The van der Waals surface area contributed by atoms with Gasteiger partial charge in [-0.1, -0.05) is 24.3 Å². The molecule has 2 N–H and O–H groups in total. The molecular formula is C27H26FN3O3. The second-order valence-corrected chi connectivity index (χ2v) is 9.19. The van der Waals surface area contributed by atoms with Gasteiger partial charge in [-0.25, -0.2) is 4.39 Å². The maximum atomic E-state index is 14.8. The summed E-state index contributed by atoms with van der Waals surface area (Å²) in [5.41, 5.74) is 3.90. The van der Waals surface area contributed by atoms with E-state index < -0.39 is 0 Å². The number of ether oxygens (including phenoxy) is 2. The maximum absolute atomic E-state index is 14.8. The molecule has 0 saturated carbocycles. The number of fused-ring (bicyclic) bond motifs is 3. The predicted molar refractivity (Wildman–Crippen MR) is 126 cm³/mol. The van der Waals surface area contributed by atoms with Crippen molar-refractivity contribution in [2.45, 2.75) is 31.6 Å². The van der Waals surface area contributed by atoms with Gasteiger partial charge in [0.1, 0.15) is 5.82 Å². The molecule has 7 heteroatoms. The summed E-state index contributed by atoms with van der Waals surface area (Å²) in [7, 11) is 0. The van der Waals surface area contributed by atoms with E-state index in [1.165, 1.54) is 18.1 Å². The molecule has 1 amide bonds. The molecule has 0 radical (unpaired) electrons. The van der Waals surface area contributed by atoms with Crippen LogP contribution in [0.5, 0.6) is 11.5 Å². The molecule has 6 nitrogen and oxygen atoms in total. The number of rotatable bonds is 6. The van der Waals surface area contributed by atoms with Crippen LogP contribution < -0.4 is 20.1 Å². The average molecular weight is 460 g/mol. The van der Waals surface area contributed by atoms with E-state index in [1.807, 2.05) is 18.2 Å². The van der Waals surface area contributed by atoms with Crippen molar-refractivity contribution in [3.05, 3.63) is 83.2 Å². The monoisotopic (exact) mass is 459 g/mol. The number of benzene rings is 3. The van der Waals surface area contributed by atoms with Gasteiger partial charge in [0.05, 0.1) is 0 Å². The summed E-state index contributed by atoms with van der Waals surface area (Å²) in [5, 5.41) is 6.44. The second-order valence-electron chi connectivity index (χ2n) is 9.19. The first-order valence-corrected chi connectivity index (χ1v) is 11.7. The molecule has 174 valence electrons. The number of halogens is 1. The number of amides is 1. The predicted octanol–water partition coefficient (Wildman–Crippen LogP) is 3.70. The van der Waals surface area contributed by atoms with Crippen molar-refractivity contribution in [3.63, 3.8) is 0 Å². The van der Waals surface area contributed by atoms with Crippen LogP contribution >= 0.6 is 0 Å². The molecule has 2 fully saturated rings. The Morgan fingerprint density at radius 2 is 1.97 bits per heavy atom. The van der Waals surface area contributed by atoms with E-state index in [1.54, 1.807) is 24.3 Å². The molecule has 3 aromatic rings. The van der Waals surface area contributed by atoms with Gasteiger partial charge in [-0.05, 0) is 59.5 Å². The van der Waals surface area contributed by atoms with Crippen molar-refractivity contribution in [3.8, 4) is 22.6 Å². The highest BCUT2D eigenvalue weighted by Crippen LogP contribution is 2.32. The first kappa shape index (κ1) is 21.1. The normalized spacial score (nSPS) is 20.6. The molecule has 3 aromatic carbocycles. The molecule has 2 atom stereocenters. The Hall–Kier alpha value is -3.42. The summed E-state index contributed by atoms with van der Waals surface area (Å²) in [4.78, 5) is 15.1. The summed E-state index contributed by atoms with van der Waals surface area (Å²) in [6.07, 6.45) is 1.22. The third kappa shape index (κ3) is 4.13. The van der Waals surface area contributed by atoms with E-state index in [-0.39, 0.29) is 18.5 Å². The van der Waals surface area contributed by atoms with Gasteiger partial charge in [0.2, 0.25) is 6.79 Å². The zero-order valence-electron chi connectivity index (χ0n) is 18.7. The maximum Gasteiger partial charge on any atom is 0.251 e. The lowest BCUT2D eigenvalue weighted by Crippen LogP contribution is -2.42. The number of carbonyl (C=O) groups excluding carboxylic acids is 1. The van der Waals surface area contributed by atoms with Gasteiger partial charge in [0.15, 0.2) is 11.5 Å². The lowest BCUT2D eigenvalue weighted by Gasteiger charge is -2.27. The fourth-order valence-electron chi connectivity index (χ4n) is 5.14. The molecule has 34 heavy (non-hydrogen) atoms. The first-order chi connectivity index (χ1) is 16.6. The van der Waals surface area contributed by atoms with Crippen LogP contribution in [0.1, 0.15) is 27.9 Å². The van der Waals surface area contributed by atoms with Crippen LogP contribution in [-0.4, -0.2) is 42.8 Å². The lowest BCUT2D eigenvalue weighted by molar-refractivity contribution is 0.0950. The molecule has 0 unspecified atom stereocenters. The van der Waals surface area contributed by atoms with Crippen molar-refractivity contribution >= 4 is 5.91 Å². The highest BCUT2D eigenvalue weighted by atomic mass is 19.1. The topological polar surface area (TPSA) is 62.8 Å². The molecule has 3 aliphatic rings. The van der Waals surface area contributed by atoms with Crippen LogP contribution in [0.4, 0.5) is 4.39 Å². The number of nitrogens with one attached hydrogen (secondary N) is 2. The number of hydrogen-bond acceptors (Lipinski definition) is 5. The Balaban J connectivity index is 1.15. The highest BCUT2D eigenvalue weighted by molar-refractivity contribution is 5.94. The highest BCUT2D eigenvalue weighted by Gasteiger charge is 2.37. The Morgan fingerprint density at radius 3 is 2.82 bits per heavy atom. The number of likely N-dealkylation sites (tertiary alicyclic amines) is 1. The number of hydrogen-bond donors (Lipinski definition) is 2. The molecule has 0 aromatic heterocycles. The third-order valence-electron chi connectivity index (χ3n) is 6.91. The minimum atomic E-state index is -0.271. The minimum absolute atomic E-state index is 0.163. The fraction of sp³-hybridized carbons (Fsp3) is 0.296. The zero-order chi connectivity index (χ0) is 23.1. The van der Waals surface area contributed by atoms with Crippen molar-refractivity contribution < 1.29 is 18.7 Å². The third-order valence-corrected chi connectivity index (χ3v) is 6.91. The van der Waals surface area contributed by atoms with Crippen molar-refractivity contribution in [1.82, 2.24) is 15.5 Å². The molecule has 6 rings (SSSR count). The van der Waals surface area contributed by atoms with E-state index in [9.17, 15) is 9.18 Å². The summed E-state index contributed by atoms with van der Waals surface area (Å²) >= 11 is 0. The van der Waals surface area contributed by atoms with Crippen molar-refractivity contribution in [1.29, 1.82) is 0 Å². The van der Waals surface area contributed by atoms with Crippen LogP contribution in [0.2, 0.25) is 0 Å². The van der Waals surface area contributed by atoms with Crippen LogP contribution in [0.15, 0.2) is 60.7 Å². The van der Waals surface area contributed by atoms with E-state index >= 15 is 0 Å². The molecule has 2 saturated heterocycles. The number of carbonyl (C=O) groups is 1. The largest absolute Gasteiger partial charge is 0.454 e. The second kappa shape index (κ2) is 8.74. The Labute approximate surface area is 197 Å². The van der Waals surface area contributed by atoms with Gasteiger partial charge in [-0.2, -0.15) is 0 Å². The number of nitrogens with zero attached hydrogens (tertiary/aromatic N) is 1. The average Bonchev–Trinajstić information content (AvgIpc) is 3.60. The number of piperazine rings is 1. The molecular weight excluding hydrogens is 433 g/mol. The molecule has 3 aliphatic heterocycles. The summed E-state index contributed by atoms with van der Waals surface area (Å²) in [6.45, 7) is 3.46. The quantitative estimate of drug-likeness (QED) is 0.589. The lowest BCUT2D eigenvalue weighted by atomic mass is 10.00. The van der Waals surface area contributed by atoms with Gasteiger partial charge in [-0.3, -0.25) is 9.69 Å². The SMILES string of the molecule is O=C(NCc1ccc(F)c(-c2cccc(CN3C[C@@H]4C[C@H]3CN4)c2)c1)c1ccc2c(c1)OCO2. The molecule has 3 heterocycles. The molecule has 2 bridgehead atoms. The minimum Gasteiger partial charge on any atom is -0.454 e. The standard InChI is InChI=1S/C27H26FN3O3/c28-24-6-4-17(12-30-27(32)20-5-7-25-26(10-20)34-16-33-25)9-23(24)19-3-1-2-18(8-19)14-31-15-21-11-22(31)13-29-21/h1-10,21-22,29H,11-16H2,(H,30,32)/t21-,22-/m0/s1. The van der Waals surface area contributed by atoms with E-state index in [2.05, 4.69) is 27.7 Å². The molecule has 0 aliphatic carbocycles. The zero-order valence-corrected chi connectivity index (χ0v) is 18.7. The van der Waals surface area contributed by atoms with Gasteiger partial charge in [0, 0.05) is 49.4 Å². The van der Waals surface area contributed by atoms with Crippen LogP contribution in [0.3, 0.4) is 0 Å². The Morgan fingerprint density at radius 1 is 1.06 bits per heavy atom. The van der Waals surface area contributed by atoms with Crippen LogP contribution in [0.25, 0.3) is 11.1 Å². The Kier molecular flexibility index (Phi) is 5.43. The van der Waals surface area contributed by atoms with Gasteiger partial charge in [0.25, 0.3) is 5.91 Å². The van der Waals surface area contributed by atoms with Gasteiger partial charge < -0.3 is 20.1 Å². The summed E-state index contributed by atoms with van der Waals surface area (Å²) < 4.78 is 25.4.